The molecule has 2 heteroatoms. The van der Waals surface area contributed by atoms with Crippen LogP contribution in [0.1, 0.15) is 36.1 Å². The normalized spacial score (nSPS) is 19.3. The molecule has 1 saturated heterocycles. The van der Waals surface area contributed by atoms with Crippen molar-refractivity contribution in [3.63, 3.8) is 0 Å². The van der Waals surface area contributed by atoms with E-state index in [1.165, 1.54) is 22.3 Å². The predicted octanol–water partition coefficient (Wildman–Crippen LogP) is 3.11. The number of ether oxygens (including phenoxy) is 1. The smallest absolute Gasteiger partial charge is 0.0589 e. The van der Waals surface area contributed by atoms with Gasteiger partial charge in [0.05, 0.1) is 13.2 Å². The molecular formula is C17H27NO. The summed E-state index contributed by atoms with van der Waals surface area (Å²) in [5, 5.41) is 0. The first-order valence-corrected chi connectivity index (χ1v) is 7.28. The minimum absolute atomic E-state index is 0.130. The topological polar surface area (TPSA) is 35.2 Å². The Morgan fingerprint density at radius 1 is 1.16 bits per heavy atom. The molecule has 1 aliphatic rings. The average molecular weight is 261 g/mol. The van der Waals surface area contributed by atoms with Crippen LogP contribution in [0.2, 0.25) is 0 Å². The fourth-order valence-corrected chi connectivity index (χ4v) is 3.97. The van der Waals surface area contributed by atoms with Crippen LogP contribution < -0.4 is 5.73 Å². The van der Waals surface area contributed by atoms with Crippen molar-refractivity contribution in [2.45, 2.75) is 40.0 Å². The molecule has 0 saturated carbocycles. The van der Waals surface area contributed by atoms with E-state index < -0.39 is 0 Å². The van der Waals surface area contributed by atoms with Gasteiger partial charge < -0.3 is 10.5 Å². The summed E-state index contributed by atoms with van der Waals surface area (Å²) < 4.78 is 5.61. The Morgan fingerprint density at radius 2 is 1.68 bits per heavy atom. The SMILES string of the molecule is Cc1cc(C)c(C2(C(CN)C(C)C)COC2)c(C)c1. The number of hydrogen-bond acceptors (Lipinski definition) is 2. The van der Waals surface area contributed by atoms with E-state index >= 15 is 0 Å². The summed E-state index contributed by atoms with van der Waals surface area (Å²) in [5.41, 5.74) is 11.8. The zero-order chi connectivity index (χ0) is 14.2. The molecule has 2 rings (SSSR count). The third kappa shape index (κ3) is 2.32. The lowest BCUT2D eigenvalue weighted by Crippen LogP contribution is -2.56. The second-order valence-corrected chi connectivity index (χ2v) is 6.51. The summed E-state index contributed by atoms with van der Waals surface area (Å²) in [7, 11) is 0. The fourth-order valence-electron chi connectivity index (χ4n) is 3.97. The van der Waals surface area contributed by atoms with Gasteiger partial charge in [0.25, 0.3) is 0 Å². The highest BCUT2D eigenvalue weighted by Gasteiger charge is 2.48. The molecule has 1 unspecified atom stereocenters. The van der Waals surface area contributed by atoms with Crippen molar-refractivity contribution in [3.8, 4) is 0 Å². The lowest BCUT2D eigenvalue weighted by atomic mass is 9.62. The van der Waals surface area contributed by atoms with Gasteiger partial charge in [-0.05, 0) is 55.8 Å². The molecule has 1 aromatic carbocycles. The molecule has 19 heavy (non-hydrogen) atoms. The Balaban J connectivity index is 2.53. The van der Waals surface area contributed by atoms with E-state index in [1.54, 1.807) is 0 Å². The van der Waals surface area contributed by atoms with Gasteiger partial charge in [-0.3, -0.25) is 0 Å². The van der Waals surface area contributed by atoms with E-state index in [4.69, 9.17) is 10.5 Å². The van der Waals surface area contributed by atoms with Crippen molar-refractivity contribution in [2.24, 2.45) is 17.6 Å². The zero-order valence-corrected chi connectivity index (χ0v) is 12.9. The van der Waals surface area contributed by atoms with Gasteiger partial charge in [-0.15, -0.1) is 0 Å². The summed E-state index contributed by atoms with van der Waals surface area (Å²) in [4.78, 5) is 0. The van der Waals surface area contributed by atoms with Gasteiger partial charge in [0.1, 0.15) is 0 Å². The Hall–Kier alpha value is -0.860. The molecule has 1 aromatic rings. The summed E-state index contributed by atoms with van der Waals surface area (Å²) in [5.74, 6) is 1.07. The first kappa shape index (κ1) is 14.5. The van der Waals surface area contributed by atoms with E-state index in [2.05, 4.69) is 46.8 Å². The van der Waals surface area contributed by atoms with Gasteiger partial charge in [0.2, 0.25) is 0 Å². The van der Waals surface area contributed by atoms with Crippen LogP contribution in [0.3, 0.4) is 0 Å². The number of rotatable bonds is 4. The molecular weight excluding hydrogens is 234 g/mol. The molecule has 0 aliphatic carbocycles. The maximum atomic E-state index is 6.08. The summed E-state index contributed by atoms with van der Waals surface area (Å²) in [6, 6.07) is 4.58. The molecule has 2 N–H and O–H groups in total. The highest BCUT2D eigenvalue weighted by atomic mass is 16.5. The van der Waals surface area contributed by atoms with Gasteiger partial charge >= 0.3 is 0 Å². The van der Waals surface area contributed by atoms with E-state index in [1.807, 2.05) is 0 Å². The maximum absolute atomic E-state index is 6.08. The number of hydrogen-bond donors (Lipinski definition) is 1. The van der Waals surface area contributed by atoms with Gasteiger partial charge in [0, 0.05) is 5.41 Å². The minimum Gasteiger partial charge on any atom is -0.379 e. The molecule has 0 radical (unpaired) electrons. The second-order valence-electron chi connectivity index (χ2n) is 6.51. The van der Waals surface area contributed by atoms with Crippen LogP contribution in [-0.4, -0.2) is 19.8 Å². The third-order valence-corrected chi connectivity index (χ3v) is 4.66. The molecule has 1 aliphatic heterocycles. The van der Waals surface area contributed by atoms with Gasteiger partial charge in [0.15, 0.2) is 0 Å². The van der Waals surface area contributed by atoms with Crippen molar-refractivity contribution < 1.29 is 4.74 Å². The van der Waals surface area contributed by atoms with Crippen molar-refractivity contribution >= 4 is 0 Å². The van der Waals surface area contributed by atoms with Crippen LogP contribution in [-0.2, 0) is 10.2 Å². The molecule has 0 aromatic heterocycles. The van der Waals surface area contributed by atoms with E-state index in [-0.39, 0.29) is 5.41 Å². The highest BCUT2D eigenvalue weighted by Crippen LogP contribution is 2.45. The first-order chi connectivity index (χ1) is 8.92. The molecule has 2 nitrogen and oxygen atoms in total. The highest BCUT2D eigenvalue weighted by molar-refractivity contribution is 5.45. The number of aryl methyl sites for hydroxylation is 3. The summed E-state index contributed by atoms with van der Waals surface area (Å²) in [6.45, 7) is 13.5. The van der Waals surface area contributed by atoms with Crippen molar-refractivity contribution in [3.05, 3.63) is 34.4 Å². The van der Waals surface area contributed by atoms with Crippen molar-refractivity contribution in [2.75, 3.05) is 19.8 Å². The quantitative estimate of drug-likeness (QED) is 0.904. The predicted molar refractivity (Wildman–Crippen MR) is 80.5 cm³/mol. The van der Waals surface area contributed by atoms with Crippen LogP contribution in [0.5, 0.6) is 0 Å². The standard InChI is InChI=1S/C17H27NO/c1-11(2)15(8-18)17(9-19-10-17)16-13(4)6-12(3)7-14(16)5/h6-7,11,15H,8-10,18H2,1-5H3. The lowest BCUT2D eigenvalue weighted by Gasteiger charge is -2.50. The first-order valence-electron chi connectivity index (χ1n) is 7.28. The van der Waals surface area contributed by atoms with Crippen molar-refractivity contribution in [1.82, 2.24) is 0 Å². The van der Waals surface area contributed by atoms with Gasteiger partial charge in [-0.1, -0.05) is 31.5 Å². The Kier molecular flexibility index (Phi) is 4.03. The summed E-state index contributed by atoms with van der Waals surface area (Å²) >= 11 is 0. The van der Waals surface area contributed by atoms with Crippen molar-refractivity contribution in [1.29, 1.82) is 0 Å². The van der Waals surface area contributed by atoms with Gasteiger partial charge in [-0.2, -0.15) is 0 Å². The summed E-state index contributed by atoms with van der Waals surface area (Å²) in [6.07, 6.45) is 0. The van der Waals surface area contributed by atoms with Crippen LogP contribution >= 0.6 is 0 Å². The number of benzene rings is 1. The monoisotopic (exact) mass is 261 g/mol. The maximum Gasteiger partial charge on any atom is 0.0589 e. The number of nitrogens with two attached hydrogens (primary N) is 1. The van der Waals surface area contributed by atoms with Crippen LogP contribution in [0, 0.1) is 32.6 Å². The molecule has 0 bridgehead atoms. The largest absolute Gasteiger partial charge is 0.379 e. The van der Waals surface area contributed by atoms with Crippen LogP contribution in [0.4, 0.5) is 0 Å². The Labute approximate surface area is 117 Å². The molecule has 1 atom stereocenters. The molecule has 1 fully saturated rings. The molecule has 1 heterocycles. The van der Waals surface area contributed by atoms with E-state index in [0.717, 1.165) is 19.8 Å². The zero-order valence-electron chi connectivity index (χ0n) is 12.9. The Bertz CT molecular complexity index is 437. The fraction of sp³-hybridized carbons (Fsp3) is 0.647. The van der Waals surface area contributed by atoms with Crippen LogP contribution in [0.25, 0.3) is 0 Å². The average Bonchev–Trinajstić information content (AvgIpc) is 2.23. The molecule has 106 valence electrons. The minimum atomic E-state index is 0.130. The van der Waals surface area contributed by atoms with Crippen LogP contribution in [0.15, 0.2) is 12.1 Å². The lowest BCUT2D eigenvalue weighted by molar-refractivity contribution is -0.0988. The van der Waals surface area contributed by atoms with E-state index in [9.17, 15) is 0 Å². The van der Waals surface area contributed by atoms with Gasteiger partial charge in [-0.25, -0.2) is 0 Å². The third-order valence-electron chi connectivity index (χ3n) is 4.66. The second kappa shape index (κ2) is 5.26. The Morgan fingerprint density at radius 3 is 2.00 bits per heavy atom. The van der Waals surface area contributed by atoms with E-state index in [0.29, 0.717) is 11.8 Å². The molecule has 0 amide bonds. The molecule has 0 spiro atoms.